The summed E-state index contributed by atoms with van der Waals surface area (Å²) in [7, 11) is 0. The van der Waals surface area contributed by atoms with Crippen molar-refractivity contribution in [1.82, 2.24) is 25.9 Å². The van der Waals surface area contributed by atoms with Gasteiger partial charge in [-0.05, 0) is 19.1 Å². The minimum atomic E-state index is -0.233. The monoisotopic (exact) mass is 247 g/mol. The molecule has 2 N–H and O–H groups in total. The van der Waals surface area contributed by atoms with Gasteiger partial charge in [0, 0.05) is 0 Å². The van der Waals surface area contributed by atoms with Crippen LogP contribution in [-0.4, -0.2) is 33.1 Å². The summed E-state index contributed by atoms with van der Waals surface area (Å²) < 4.78 is 5.38. The van der Waals surface area contributed by atoms with Gasteiger partial charge in [-0.3, -0.25) is 4.79 Å². The lowest BCUT2D eigenvalue weighted by Gasteiger charge is -2.09. The number of carbonyl (C=O) groups excluding carboxylic acids is 1. The number of aromatic amines is 1. The van der Waals surface area contributed by atoms with E-state index < -0.39 is 0 Å². The zero-order valence-corrected chi connectivity index (χ0v) is 9.88. The number of hydrogen-bond acceptors (Lipinski definition) is 5. The van der Waals surface area contributed by atoms with Gasteiger partial charge in [-0.1, -0.05) is 17.3 Å². The number of carbonyl (C=O) groups is 1. The minimum Gasteiger partial charge on any atom is -0.493 e. The fraction of sp³-hybridized carbons (Fsp3) is 0.273. The summed E-state index contributed by atoms with van der Waals surface area (Å²) in [5, 5.41) is 15.9. The van der Waals surface area contributed by atoms with Crippen molar-refractivity contribution >= 4 is 5.91 Å². The first kappa shape index (κ1) is 12.0. The summed E-state index contributed by atoms with van der Waals surface area (Å²) in [6, 6.07) is 7.07. The van der Waals surface area contributed by atoms with E-state index in [4.69, 9.17) is 4.74 Å². The molecule has 7 nitrogen and oxygen atoms in total. The Hall–Kier alpha value is -2.44. The van der Waals surface area contributed by atoms with Crippen molar-refractivity contribution in [1.29, 1.82) is 0 Å². The van der Waals surface area contributed by atoms with Gasteiger partial charge in [-0.15, -0.1) is 10.2 Å². The Morgan fingerprint density at radius 3 is 3.00 bits per heavy atom. The van der Waals surface area contributed by atoms with E-state index in [1.165, 1.54) is 0 Å². The van der Waals surface area contributed by atoms with Gasteiger partial charge in [0.2, 0.25) is 0 Å². The molecule has 2 rings (SSSR count). The molecule has 1 amide bonds. The largest absolute Gasteiger partial charge is 0.493 e. The normalized spacial score (nSPS) is 10.1. The highest BCUT2D eigenvalue weighted by molar-refractivity contribution is 5.96. The maximum Gasteiger partial charge on any atom is 0.255 e. The lowest BCUT2D eigenvalue weighted by molar-refractivity contribution is 0.0946. The lowest BCUT2D eigenvalue weighted by atomic mass is 10.2. The SMILES string of the molecule is CCOc1ccccc1C(=O)NCc1nn[nH]n1. The van der Waals surface area contributed by atoms with Gasteiger partial charge >= 0.3 is 0 Å². The van der Waals surface area contributed by atoms with Gasteiger partial charge in [-0.25, -0.2) is 0 Å². The molecule has 18 heavy (non-hydrogen) atoms. The number of nitrogens with zero attached hydrogens (tertiary/aromatic N) is 3. The first-order valence-corrected chi connectivity index (χ1v) is 5.53. The van der Waals surface area contributed by atoms with Gasteiger partial charge in [0.15, 0.2) is 5.82 Å². The topological polar surface area (TPSA) is 92.8 Å². The first-order chi connectivity index (χ1) is 8.81. The molecule has 0 radical (unpaired) electrons. The van der Waals surface area contributed by atoms with Crippen LogP contribution in [0.4, 0.5) is 0 Å². The van der Waals surface area contributed by atoms with Crippen molar-refractivity contribution in [2.45, 2.75) is 13.5 Å². The highest BCUT2D eigenvalue weighted by Crippen LogP contribution is 2.17. The van der Waals surface area contributed by atoms with E-state index in [1.807, 2.05) is 13.0 Å². The van der Waals surface area contributed by atoms with Crippen LogP contribution in [0.15, 0.2) is 24.3 Å². The van der Waals surface area contributed by atoms with E-state index >= 15 is 0 Å². The van der Waals surface area contributed by atoms with Gasteiger partial charge < -0.3 is 10.1 Å². The zero-order valence-electron chi connectivity index (χ0n) is 9.88. The molecule has 1 aromatic carbocycles. The summed E-state index contributed by atoms with van der Waals surface area (Å²) in [6.07, 6.45) is 0. The van der Waals surface area contributed by atoms with Crippen LogP contribution in [0.5, 0.6) is 5.75 Å². The number of nitrogens with one attached hydrogen (secondary N) is 2. The van der Waals surface area contributed by atoms with Crippen LogP contribution in [-0.2, 0) is 6.54 Å². The molecule has 2 aromatic rings. The van der Waals surface area contributed by atoms with Crippen LogP contribution < -0.4 is 10.1 Å². The van der Waals surface area contributed by atoms with E-state index in [2.05, 4.69) is 25.9 Å². The fourth-order valence-corrected chi connectivity index (χ4v) is 1.45. The van der Waals surface area contributed by atoms with Crippen molar-refractivity contribution < 1.29 is 9.53 Å². The number of hydrogen-bond donors (Lipinski definition) is 2. The molecule has 0 atom stereocenters. The van der Waals surface area contributed by atoms with E-state index in [-0.39, 0.29) is 12.5 Å². The predicted molar refractivity (Wildman–Crippen MR) is 63.0 cm³/mol. The summed E-state index contributed by atoms with van der Waals surface area (Å²) in [5.74, 6) is 0.756. The second-order valence-electron chi connectivity index (χ2n) is 3.44. The maximum absolute atomic E-state index is 12.0. The number of rotatable bonds is 5. The van der Waals surface area contributed by atoms with Crippen molar-refractivity contribution in [2.75, 3.05) is 6.61 Å². The van der Waals surface area contributed by atoms with Crippen molar-refractivity contribution in [3.05, 3.63) is 35.7 Å². The molecule has 0 saturated carbocycles. The van der Waals surface area contributed by atoms with Crippen LogP contribution in [0.25, 0.3) is 0 Å². The van der Waals surface area contributed by atoms with Crippen molar-refractivity contribution in [2.24, 2.45) is 0 Å². The summed E-state index contributed by atoms with van der Waals surface area (Å²) >= 11 is 0. The molecule has 0 aliphatic heterocycles. The molecule has 94 valence electrons. The van der Waals surface area contributed by atoms with E-state index in [0.717, 1.165) is 0 Å². The van der Waals surface area contributed by atoms with Crippen LogP contribution in [0, 0.1) is 0 Å². The average molecular weight is 247 g/mol. The Balaban J connectivity index is 2.04. The third kappa shape index (κ3) is 2.82. The second kappa shape index (κ2) is 5.76. The Morgan fingerprint density at radius 2 is 2.28 bits per heavy atom. The number of para-hydroxylation sites is 1. The molecule has 0 saturated heterocycles. The molecule has 1 aromatic heterocycles. The highest BCUT2D eigenvalue weighted by Gasteiger charge is 2.12. The third-order valence-electron chi connectivity index (χ3n) is 2.23. The maximum atomic E-state index is 12.0. The van der Waals surface area contributed by atoms with Gasteiger partial charge in [0.1, 0.15) is 5.75 Å². The Bertz CT molecular complexity index is 512. The van der Waals surface area contributed by atoms with Crippen molar-refractivity contribution in [3.63, 3.8) is 0 Å². The Kier molecular flexibility index (Phi) is 3.85. The number of aromatic nitrogens is 4. The number of tetrazole rings is 1. The second-order valence-corrected chi connectivity index (χ2v) is 3.44. The number of amides is 1. The van der Waals surface area contributed by atoms with Crippen LogP contribution >= 0.6 is 0 Å². The van der Waals surface area contributed by atoms with Crippen LogP contribution in [0.2, 0.25) is 0 Å². The van der Waals surface area contributed by atoms with Crippen LogP contribution in [0.1, 0.15) is 23.1 Å². The quantitative estimate of drug-likeness (QED) is 0.803. The molecular weight excluding hydrogens is 234 g/mol. The molecule has 0 aliphatic carbocycles. The third-order valence-corrected chi connectivity index (χ3v) is 2.23. The number of H-pyrrole nitrogens is 1. The smallest absolute Gasteiger partial charge is 0.255 e. The molecule has 0 unspecified atom stereocenters. The average Bonchev–Trinajstić information content (AvgIpc) is 2.90. The fourth-order valence-electron chi connectivity index (χ4n) is 1.45. The lowest BCUT2D eigenvalue weighted by Crippen LogP contribution is -2.24. The molecule has 7 heteroatoms. The van der Waals surface area contributed by atoms with Crippen molar-refractivity contribution in [3.8, 4) is 5.75 Å². The summed E-state index contributed by atoms with van der Waals surface area (Å²) in [5.41, 5.74) is 0.489. The van der Waals surface area contributed by atoms with Crippen LogP contribution in [0.3, 0.4) is 0 Å². The number of benzene rings is 1. The number of ether oxygens (including phenoxy) is 1. The van der Waals surface area contributed by atoms with Gasteiger partial charge in [0.25, 0.3) is 5.91 Å². The van der Waals surface area contributed by atoms with Gasteiger partial charge in [-0.2, -0.15) is 5.21 Å². The summed E-state index contributed by atoms with van der Waals surface area (Å²) in [4.78, 5) is 12.0. The van der Waals surface area contributed by atoms with E-state index in [1.54, 1.807) is 18.2 Å². The molecule has 0 spiro atoms. The standard InChI is InChI=1S/C11H13N5O2/c1-2-18-9-6-4-3-5-8(9)11(17)12-7-10-13-15-16-14-10/h3-6H,2,7H2,1H3,(H,12,17)(H,13,14,15,16). The first-order valence-electron chi connectivity index (χ1n) is 5.53. The highest BCUT2D eigenvalue weighted by atomic mass is 16.5. The Morgan fingerprint density at radius 1 is 1.44 bits per heavy atom. The summed E-state index contributed by atoms with van der Waals surface area (Å²) in [6.45, 7) is 2.60. The molecule has 0 fully saturated rings. The van der Waals surface area contributed by atoms with E-state index in [9.17, 15) is 4.79 Å². The molecular formula is C11H13N5O2. The zero-order chi connectivity index (χ0) is 12.8. The molecule has 0 bridgehead atoms. The predicted octanol–water partition coefficient (Wildman–Crippen LogP) is 0.528. The molecule has 1 heterocycles. The van der Waals surface area contributed by atoms with E-state index in [0.29, 0.717) is 23.7 Å². The Labute approximate surface area is 104 Å². The molecule has 0 aliphatic rings. The van der Waals surface area contributed by atoms with Gasteiger partial charge in [0.05, 0.1) is 18.7 Å². The minimum absolute atomic E-state index is 0.218.